The minimum atomic E-state index is -2.16. The van der Waals surface area contributed by atoms with Crippen LogP contribution in [0.4, 0.5) is 0 Å². The zero-order chi connectivity index (χ0) is 26.7. The molecule has 3 saturated heterocycles. The first-order valence-electron chi connectivity index (χ1n) is 10.4. The molecule has 0 amide bonds. The molecule has 10 N–H and O–H groups in total. The van der Waals surface area contributed by atoms with E-state index in [2.05, 4.69) is 4.74 Å². The van der Waals surface area contributed by atoms with Gasteiger partial charge in [0.15, 0.2) is 6.29 Å². The van der Waals surface area contributed by atoms with Gasteiger partial charge in [0, 0.05) is 0 Å². The van der Waals surface area contributed by atoms with Crippen LogP contribution in [0.1, 0.15) is 0 Å². The van der Waals surface area contributed by atoms with E-state index in [-0.39, 0.29) is 5.88 Å². The predicted molar refractivity (Wildman–Crippen MR) is 116 cm³/mol. The topological polar surface area (TPSA) is 239 Å². The van der Waals surface area contributed by atoms with Crippen molar-refractivity contribution >= 4 is 34.8 Å². The van der Waals surface area contributed by atoms with Gasteiger partial charge in [0.25, 0.3) is 0 Å². The SMILES string of the molecule is OC[C@H]1O[C@H](O[C@]2(CCl)O[C@H](CCl)[C@@H](O)[C@@H]2O)[C@H](O)[C@@H](O)[C@H]1Cl.OC[C@H]1O[C@](O)(CO)[C@@H](O)[C@@H]1O. The second-order valence-electron chi connectivity index (χ2n) is 8.24. The molecule has 0 bridgehead atoms. The number of hydrogen-bond acceptors (Lipinski definition) is 14. The third-order valence-electron chi connectivity index (χ3n) is 5.89. The molecule has 3 rings (SSSR count). The van der Waals surface area contributed by atoms with Crippen LogP contribution in [-0.2, 0) is 18.9 Å². The van der Waals surface area contributed by atoms with Gasteiger partial charge < -0.3 is 70.0 Å². The number of alkyl halides is 3. The van der Waals surface area contributed by atoms with Gasteiger partial charge in [-0.05, 0) is 0 Å². The number of halogens is 3. The first-order chi connectivity index (χ1) is 16.4. The van der Waals surface area contributed by atoms with E-state index < -0.39 is 104 Å². The molecule has 0 radical (unpaired) electrons. The molecule has 14 nitrogen and oxygen atoms in total. The van der Waals surface area contributed by atoms with Crippen LogP contribution >= 0.6 is 34.8 Å². The van der Waals surface area contributed by atoms with E-state index in [9.17, 15) is 30.6 Å². The predicted octanol–water partition coefficient (Wildman–Crippen LogP) is -4.88. The van der Waals surface area contributed by atoms with Crippen molar-refractivity contribution in [2.75, 3.05) is 31.6 Å². The van der Waals surface area contributed by atoms with E-state index in [0.717, 1.165) is 0 Å². The molecule has 3 heterocycles. The molecule has 0 unspecified atom stereocenters. The zero-order valence-electron chi connectivity index (χ0n) is 18.1. The molecule has 3 fully saturated rings. The fraction of sp³-hybridized carbons (Fsp3) is 1.00. The maximum atomic E-state index is 10.1. The molecular weight excluding hydrogens is 547 g/mol. The van der Waals surface area contributed by atoms with Crippen LogP contribution in [-0.4, -0.2) is 161 Å². The van der Waals surface area contributed by atoms with Gasteiger partial charge in [-0.2, -0.15) is 0 Å². The van der Waals surface area contributed by atoms with Crippen LogP contribution in [0.2, 0.25) is 0 Å². The van der Waals surface area contributed by atoms with Crippen molar-refractivity contribution in [1.82, 2.24) is 0 Å². The smallest absolute Gasteiger partial charge is 0.219 e. The van der Waals surface area contributed by atoms with Gasteiger partial charge in [0.1, 0.15) is 54.9 Å². The number of rotatable bonds is 7. The number of aliphatic hydroxyl groups excluding tert-OH is 9. The Balaban J connectivity index is 0.000000303. The van der Waals surface area contributed by atoms with Crippen molar-refractivity contribution < 1.29 is 70.0 Å². The van der Waals surface area contributed by atoms with Crippen molar-refractivity contribution in [3.05, 3.63) is 0 Å². The maximum Gasteiger partial charge on any atom is 0.219 e. The lowest BCUT2D eigenvalue weighted by atomic mass is 10.0. The third kappa shape index (κ3) is 6.32. The van der Waals surface area contributed by atoms with Crippen LogP contribution in [0.3, 0.4) is 0 Å². The first kappa shape index (κ1) is 31.5. The Morgan fingerprint density at radius 2 is 1.31 bits per heavy atom. The summed E-state index contributed by atoms with van der Waals surface area (Å²) in [6.45, 7) is -1.88. The van der Waals surface area contributed by atoms with Crippen molar-refractivity contribution in [2.24, 2.45) is 0 Å². The van der Waals surface area contributed by atoms with Gasteiger partial charge in [0.2, 0.25) is 11.6 Å². The van der Waals surface area contributed by atoms with Gasteiger partial charge >= 0.3 is 0 Å². The van der Waals surface area contributed by atoms with Crippen molar-refractivity contribution in [3.63, 3.8) is 0 Å². The van der Waals surface area contributed by atoms with Crippen LogP contribution in [0.15, 0.2) is 0 Å². The van der Waals surface area contributed by atoms with Crippen molar-refractivity contribution in [3.8, 4) is 0 Å². The van der Waals surface area contributed by atoms with Crippen LogP contribution in [0.25, 0.3) is 0 Å². The quantitative estimate of drug-likeness (QED) is 0.128. The molecule has 0 aromatic rings. The lowest BCUT2D eigenvalue weighted by Gasteiger charge is -2.43. The lowest BCUT2D eigenvalue weighted by Crippen LogP contribution is -2.61. The van der Waals surface area contributed by atoms with E-state index in [1.165, 1.54) is 0 Å². The molecule has 0 aliphatic carbocycles. The number of hydrogen-bond donors (Lipinski definition) is 10. The molecule has 17 heteroatoms. The fourth-order valence-corrected chi connectivity index (χ4v) is 4.52. The summed E-state index contributed by atoms with van der Waals surface area (Å²) >= 11 is 17.3. The molecule has 208 valence electrons. The third-order valence-corrected chi connectivity index (χ3v) is 7.10. The highest BCUT2D eigenvalue weighted by Gasteiger charge is 2.58. The minimum absolute atomic E-state index is 0.125. The largest absolute Gasteiger partial charge is 0.394 e. The maximum absolute atomic E-state index is 10.1. The lowest BCUT2D eigenvalue weighted by molar-refractivity contribution is -0.357. The Morgan fingerprint density at radius 3 is 1.71 bits per heavy atom. The summed E-state index contributed by atoms with van der Waals surface area (Å²) in [5, 5.41) is 92.8. The Morgan fingerprint density at radius 1 is 0.743 bits per heavy atom. The molecule has 0 saturated carbocycles. The van der Waals surface area contributed by atoms with Crippen LogP contribution < -0.4 is 0 Å². The minimum Gasteiger partial charge on any atom is -0.394 e. The van der Waals surface area contributed by atoms with E-state index >= 15 is 0 Å². The fourth-order valence-electron chi connectivity index (χ4n) is 3.70. The number of ether oxygens (including phenoxy) is 4. The van der Waals surface area contributed by atoms with E-state index in [1.54, 1.807) is 0 Å². The van der Waals surface area contributed by atoms with E-state index in [4.69, 9.17) is 69.4 Å². The molecule has 3 aliphatic rings. The molecule has 0 spiro atoms. The summed E-state index contributed by atoms with van der Waals surface area (Å²) in [5.74, 6) is -4.59. The van der Waals surface area contributed by atoms with Gasteiger partial charge in [0.05, 0.1) is 37.0 Å². The van der Waals surface area contributed by atoms with Crippen molar-refractivity contribution in [1.29, 1.82) is 0 Å². The summed E-state index contributed by atoms with van der Waals surface area (Å²) in [7, 11) is 0. The van der Waals surface area contributed by atoms with Crippen LogP contribution in [0.5, 0.6) is 0 Å². The highest BCUT2D eigenvalue weighted by atomic mass is 35.5. The van der Waals surface area contributed by atoms with Gasteiger partial charge in [-0.1, -0.05) is 0 Å². The Hall–Kier alpha value is 0.310. The standard InChI is InChI=1S/C12H19Cl3O8.C6H12O6/c13-1-4-7(17)10(20)12(3-14,22-4)23-11-9(19)8(18)6(15)5(2-16)21-11;7-1-3-4(9)5(10)6(11,2-8)12-3/h4-11,16-20H,1-3H2;3-5,7-11H,1-2H2/t4-,5-,6+,7-,8+,9-,10+,11-,12+;3-,4-,5+,6-/m11/s1. The normalized spacial score (nSPS) is 50.1. The molecule has 35 heavy (non-hydrogen) atoms. The molecule has 13 atom stereocenters. The summed E-state index contributed by atoms with van der Waals surface area (Å²) in [4.78, 5) is 0. The van der Waals surface area contributed by atoms with Crippen LogP contribution in [0, 0.1) is 0 Å². The second kappa shape index (κ2) is 12.9. The average Bonchev–Trinajstić information content (AvgIpc) is 3.24. The van der Waals surface area contributed by atoms with Gasteiger partial charge in [-0.25, -0.2) is 0 Å². The second-order valence-corrected chi connectivity index (χ2v) is 9.32. The summed E-state index contributed by atoms with van der Waals surface area (Å²) in [6, 6.07) is 0. The number of aliphatic hydroxyl groups is 10. The van der Waals surface area contributed by atoms with E-state index in [1.807, 2.05) is 0 Å². The van der Waals surface area contributed by atoms with E-state index in [0.29, 0.717) is 0 Å². The average molecular weight is 578 g/mol. The van der Waals surface area contributed by atoms with Crippen molar-refractivity contribution in [2.45, 2.75) is 78.2 Å². The first-order valence-corrected chi connectivity index (χ1v) is 11.9. The summed E-state index contributed by atoms with van der Waals surface area (Å²) in [6.07, 6.45) is -13.4. The van der Waals surface area contributed by atoms with Gasteiger partial charge in [-0.3, -0.25) is 0 Å². The molecule has 0 aromatic heterocycles. The molecule has 3 aliphatic heterocycles. The summed E-state index contributed by atoms with van der Waals surface area (Å²) in [5.41, 5.74) is 0. The zero-order valence-corrected chi connectivity index (χ0v) is 20.4. The molecular formula is C18H31Cl3O14. The Bertz CT molecular complexity index is 666. The van der Waals surface area contributed by atoms with Gasteiger partial charge in [-0.15, -0.1) is 34.8 Å². The molecule has 0 aromatic carbocycles. The highest BCUT2D eigenvalue weighted by molar-refractivity contribution is 6.21. The Kier molecular flexibility index (Phi) is 11.6. The summed E-state index contributed by atoms with van der Waals surface area (Å²) < 4.78 is 20.8. The Labute approximate surface area is 214 Å². The monoisotopic (exact) mass is 576 g/mol. The highest BCUT2D eigenvalue weighted by Crippen LogP contribution is 2.38.